The number of benzene rings is 2. The van der Waals surface area contributed by atoms with Crippen molar-refractivity contribution >= 4 is 61.8 Å². The van der Waals surface area contributed by atoms with Gasteiger partial charge in [0, 0.05) is 13.7 Å². The van der Waals surface area contributed by atoms with E-state index in [-0.39, 0.29) is 11.3 Å². The first-order valence-corrected chi connectivity index (χ1v) is 7.65. The van der Waals surface area contributed by atoms with Gasteiger partial charge >= 0.3 is 5.97 Å². The molecule has 0 aliphatic carbocycles. The van der Waals surface area contributed by atoms with E-state index in [1.807, 2.05) is 6.07 Å². The number of rotatable bonds is 3. The van der Waals surface area contributed by atoms with E-state index in [2.05, 4.69) is 43.8 Å². The van der Waals surface area contributed by atoms with Crippen molar-refractivity contribution in [1.82, 2.24) is 0 Å². The van der Waals surface area contributed by atoms with Crippen molar-refractivity contribution < 1.29 is 14.7 Å². The highest BCUT2D eigenvalue weighted by Crippen LogP contribution is 2.23. The molecule has 0 bridgehead atoms. The van der Waals surface area contributed by atoms with Crippen molar-refractivity contribution in [3.63, 3.8) is 0 Å². The summed E-state index contributed by atoms with van der Waals surface area (Å²) in [4.78, 5) is 23.5. The van der Waals surface area contributed by atoms with Crippen LogP contribution in [0.1, 0.15) is 20.7 Å². The van der Waals surface area contributed by atoms with Gasteiger partial charge in [0.05, 0.1) is 16.8 Å². The van der Waals surface area contributed by atoms with Crippen LogP contribution < -0.4 is 11.1 Å². The van der Waals surface area contributed by atoms with E-state index in [0.29, 0.717) is 15.7 Å². The summed E-state index contributed by atoms with van der Waals surface area (Å²) in [5.74, 6) is -1.55. The molecule has 108 valence electrons. The minimum absolute atomic E-state index is 0.0508. The molecule has 0 saturated carbocycles. The van der Waals surface area contributed by atoms with E-state index in [4.69, 9.17) is 10.8 Å². The molecule has 0 aromatic heterocycles. The average Bonchev–Trinajstić information content (AvgIpc) is 2.43. The molecule has 1 amide bonds. The van der Waals surface area contributed by atoms with Gasteiger partial charge in [0.25, 0.3) is 5.91 Å². The topological polar surface area (TPSA) is 92.4 Å². The number of hydrogen-bond acceptors (Lipinski definition) is 3. The van der Waals surface area contributed by atoms with Gasteiger partial charge in [-0.15, -0.1) is 0 Å². The smallest absolute Gasteiger partial charge is 0.337 e. The fourth-order valence-electron chi connectivity index (χ4n) is 1.71. The number of carboxylic acid groups (broad SMARTS) is 1. The molecular weight excluding hydrogens is 451 g/mol. The summed E-state index contributed by atoms with van der Waals surface area (Å²) < 4.78 is 1.53. The highest BCUT2D eigenvalue weighted by atomic mass is 127. The molecular formula is C14H10BrIN2O3. The van der Waals surface area contributed by atoms with E-state index >= 15 is 0 Å². The first-order chi connectivity index (χ1) is 9.88. The summed E-state index contributed by atoms with van der Waals surface area (Å²) in [6.45, 7) is 0. The SMILES string of the molecule is Nc1ccc(NC(=O)c2cc(I)ccc2Br)c(C(=O)O)c1. The van der Waals surface area contributed by atoms with Crippen molar-refractivity contribution in [2.24, 2.45) is 0 Å². The fourth-order valence-corrected chi connectivity index (χ4v) is 2.63. The van der Waals surface area contributed by atoms with Gasteiger partial charge in [-0.1, -0.05) is 0 Å². The zero-order valence-electron chi connectivity index (χ0n) is 10.6. The maximum Gasteiger partial charge on any atom is 0.337 e. The second kappa shape index (κ2) is 6.44. The third kappa shape index (κ3) is 3.73. The summed E-state index contributed by atoms with van der Waals surface area (Å²) in [6, 6.07) is 9.63. The lowest BCUT2D eigenvalue weighted by molar-refractivity contribution is 0.0698. The fraction of sp³-hybridized carbons (Fsp3) is 0. The molecule has 4 N–H and O–H groups in total. The molecule has 2 aromatic rings. The molecule has 0 unspecified atom stereocenters. The monoisotopic (exact) mass is 460 g/mol. The zero-order chi connectivity index (χ0) is 15.6. The second-order valence-electron chi connectivity index (χ2n) is 4.19. The van der Waals surface area contributed by atoms with Crippen LogP contribution in [0.25, 0.3) is 0 Å². The lowest BCUT2D eigenvalue weighted by atomic mass is 10.1. The Kier molecular flexibility index (Phi) is 4.84. The number of nitrogens with two attached hydrogens (primary N) is 1. The van der Waals surface area contributed by atoms with Crippen LogP contribution in [0, 0.1) is 3.57 Å². The standard InChI is InChI=1S/C14H10BrIN2O3/c15-11-3-1-7(16)5-9(11)13(19)18-12-4-2-8(17)6-10(12)14(20)21/h1-6H,17H2,(H,18,19)(H,20,21). The van der Waals surface area contributed by atoms with Gasteiger partial charge in [-0.05, 0) is 74.9 Å². The summed E-state index contributed by atoms with van der Waals surface area (Å²) >= 11 is 5.40. The molecule has 0 spiro atoms. The molecule has 0 radical (unpaired) electrons. The van der Waals surface area contributed by atoms with E-state index < -0.39 is 11.9 Å². The molecule has 0 aliphatic rings. The molecule has 5 nitrogen and oxygen atoms in total. The van der Waals surface area contributed by atoms with Gasteiger partial charge < -0.3 is 16.2 Å². The van der Waals surface area contributed by atoms with Gasteiger partial charge in [0.1, 0.15) is 0 Å². The number of carboxylic acids is 1. The third-order valence-electron chi connectivity index (χ3n) is 2.70. The number of nitrogen functional groups attached to an aromatic ring is 1. The minimum Gasteiger partial charge on any atom is -0.478 e. The summed E-state index contributed by atoms with van der Waals surface area (Å²) in [7, 11) is 0. The van der Waals surface area contributed by atoms with E-state index in [0.717, 1.165) is 3.57 Å². The Morgan fingerprint density at radius 3 is 2.52 bits per heavy atom. The van der Waals surface area contributed by atoms with Gasteiger partial charge in [0.2, 0.25) is 0 Å². The van der Waals surface area contributed by atoms with Gasteiger partial charge in [-0.3, -0.25) is 4.79 Å². The van der Waals surface area contributed by atoms with Crippen LogP contribution >= 0.6 is 38.5 Å². The number of carbonyl (C=O) groups is 2. The largest absolute Gasteiger partial charge is 0.478 e. The number of nitrogens with one attached hydrogen (secondary N) is 1. The molecule has 7 heteroatoms. The number of halogens is 2. The Bertz CT molecular complexity index is 734. The number of carbonyl (C=O) groups excluding carboxylic acids is 1. The number of anilines is 2. The Balaban J connectivity index is 2.36. The van der Waals surface area contributed by atoms with Crippen LogP contribution in [0.15, 0.2) is 40.9 Å². The predicted octanol–water partition coefficient (Wildman–Crippen LogP) is 3.59. The number of hydrogen-bond donors (Lipinski definition) is 3. The van der Waals surface area contributed by atoms with Crippen molar-refractivity contribution in [2.75, 3.05) is 11.1 Å². The molecule has 0 saturated heterocycles. The second-order valence-corrected chi connectivity index (χ2v) is 6.29. The third-order valence-corrected chi connectivity index (χ3v) is 4.06. The van der Waals surface area contributed by atoms with Gasteiger partial charge in [0.15, 0.2) is 0 Å². The lowest BCUT2D eigenvalue weighted by Gasteiger charge is -2.10. The molecule has 2 rings (SSSR count). The van der Waals surface area contributed by atoms with Crippen molar-refractivity contribution in [3.8, 4) is 0 Å². The van der Waals surface area contributed by atoms with Crippen LogP contribution in [0.5, 0.6) is 0 Å². The maximum atomic E-state index is 12.3. The van der Waals surface area contributed by atoms with Crippen LogP contribution in [-0.2, 0) is 0 Å². The lowest BCUT2D eigenvalue weighted by Crippen LogP contribution is -2.15. The normalized spacial score (nSPS) is 10.2. The average molecular weight is 461 g/mol. The first kappa shape index (κ1) is 15.8. The Morgan fingerprint density at radius 2 is 1.86 bits per heavy atom. The van der Waals surface area contributed by atoms with Gasteiger partial charge in [-0.2, -0.15) is 0 Å². The maximum absolute atomic E-state index is 12.3. The van der Waals surface area contributed by atoms with Crippen molar-refractivity contribution in [2.45, 2.75) is 0 Å². The quantitative estimate of drug-likeness (QED) is 0.482. The molecule has 0 aliphatic heterocycles. The molecule has 2 aromatic carbocycles. The first-order valence-electron chi connectivity index (χ1n) is 5.77. The van der Waals surface area contributed by atoms with Crippen LogP contribution in [0.3, 0.4) is 0 Å². The summed E-state index contributed by atoms with van der Waals surface area (Å²) in [5.41, 5.74) is 6.46. The van der Waals surface area contributed by atoms with E-state index in [1.54, 1.807) is 12.1 Å². The number of amides is 1. The minimum atomic E-state index is -1.15. The Labute approximate surface area is 142 Å². The zero-order valence-corrected chi connectivity index (χ0v) is 14.3. The number of aromatic carboxylic acids is 1. The summed E-state index contributed by atoms with van der Waals surface area (Å²) in [6.07, 6.45) is 0. The Hall–Kier alpha value is -1.61. The van der Waals surface area contributed by atoms with Crippen LogP contribution in [-0.4, -0.2) is 17.0 Å². The molecule has 0 fully saturated rings. The van der Waals surface area contributed by atoms with Crippen molar-refractivity contribution in [3.05, 3.63) is 55.6 Å². The van der Waals surface area contributed by atoms with Crippen LogP contribution in [0.2, 0.25) is 0 Å². The van der Waals surface area contributed by atoms with Crippen LogP contribution in [0.4, 0.5) is 11.4 Å². The molecule has 21 heavy (non-hydrogen) atoms. The summed E-state index contributed by atoms with van der Waals surface area (Å²) in [5, 5.41) is 11.7. The molecule has 0 heterocycles. The predicted molar refractivity (Wildman–Crippen MR) is 92.6 cm³/mol. The Morgan fingerprint density at radius 1 is 1.14 bits per heavy atom. The molecule has 0 atom stereocenters. The van der Waals surface area contributed by atoms with E-state index in [1.165, 1.54) is 18.2 Å². The van der Waals surface area contributed by atoms with Gasteiger partial charge in [-0.25, -0.2) is 4.79 Å². The van der Waals surface area contributed by atoms with E-state index in [9.17, 15) is 9.59 Å². The highest BCUT2D eigenvalue weighted by molar-refractivity contribution is 14.1. The highest BCUT2D eigenvalue weighted by Gasteiger charge is 2.16. The van der Waals surface area contributed by atoms with Crippen molar-refractivity contribution in [1.29, 1.82) is 0 Å².